The van der Waals surface area contributed by atoms with Crippen molar-refractivity contribution in [2.75, 3.05) is 5.32 Å². The largest absolute Gasteiger partial charge is 0.325 e. The second kappa shape index (κ2) is 7.48. The molecule has 0 radical (unpaired) electrons. The zero-order chi connectivity index (χ0) is 19.0. The molecule has 3 aromatic rings. The summed E-state index contributed by atoms with van der Waals surface area (Å²) < 4.78 is 2.21. The highest BCUT2D eigenvalue weighted by atomic mass is 32.2. The molecule has 2 heterocycles. The number of amides is 1. The van der Waals surface area contributed by atoms with Crippen LogP contribution >= 0.6 is 23.1 Å². The van der Waals surface area contributed by atoms with E-state index in [1.807, 2.05) is 44.4 Å². The molecule has 1 aromatic carbocycles. The van der Waals surface area contributed by atoms with Crippen LogP contribution in [0.25, 0.3) is 10.7 Å². The molecule has 1 saturated carbocycles. The van der Waals surface area contributed by atoms with Gasteiger partial charge in [0.25, 0.3) is 0 Å². The predicted octanol–water partition coefficient (Wildman–Crippen LogP) is 5.08. The number of rotatable bonds is 6. The molecule has 0 bridgehead atoms. The Kier molecular flexibility index (Phi) is 5.06. The smallest absolute Gasteiger partial charge is 0.237 e. The van der Waals surface area contributed by atoms with E-state index in [-0.39, 0.29) is 11.2 Å². The van der Waals surface area contributed by atoms with E-state index in [2.05, 4.69) is 32.2 Å². The summed E-state index contributed by atoms with van der Waals surface area (Å²) in [5, 5.41) is 14.5. The number of nitrogens with one attached hydrogen (secondary N) is 1. The third kappa shape index (κ3) is 3.94. The number of hydrogen-bond donors (Lipinski definition) is 1. The molecular formula is C20H22N4OS2. The van der Waals surface area contributed by atoms with Gasteiger partial charge in [0, 0.05) is 11.7 Å². The number of thioether (sulfide) groups is 1. The fourth-order valence-corrected chi connectivity index (χ4v) is 4.62. The Hall–Kier alpha value is -2.12. The Morgan fingerprint density at radius 3 is 2.78 bits per heavy atom. The van der Waals surface area contributed by atoms with Crippen molar-refractivity contribution in [3.05, 3.63) is 46.8 Å². The molecule has 1 amide bonds. The lowest BCUT2D eigenvalue weighted by atomic mass is 10.1. The summed E-state index contributed by atoms with van der Waals surface area (Å²) in [5.74, 6) is 0.895. The molecule has 7 heteroatoms. The van der Waals surface area contributed by atoms with Crippen molar-refractivity contribution in [3.63, 3.8) is 0 Å². The van der Waals surface area contributed by atoms with E-state index < -0.39 is 0 Å². The molecule has 1 aliphatic carbocycles. The summed E-state index contributed by atoms with van der Waals surface area (Å²) >= 11 is 3.14. The molecule has 0 aliphatic heterocycles. The summed E-state index contributed by atoms with van der Waals surface area (Å²) in [7, 11) is 0. The molecule has 0 saturated heterocycles. The van der Waals surface area contributed by atoms with Crippen molar-refractivity contribution in [2.24, 2.45) is 0 Å². The van der Waals surface area contributed by atoms with Crippen LogP contribution in [0.15, 0.2) is 40.9 Å². The maximum Gasteiger partial charge on any atom is 0.237 e. The molecule has 1 atom stereocenters. The first-order valence-electron chi connectivity index (χ1n) is 9.06. The molecule has 0 unspecified atom stereocenters. The van der Waals surface area contributed by atoms with E-state index in [0.29, 0.717) is 6.04 Å². The number of aromatic nitrogens is 3. The monoisotopic (exact) mass is 398 g/mol. The fraction of sp³-hybridized carbons (Fsp3) is 0.350. The molecule has 2 aromatic heterocycles. The molecular weight excluding hydrogens is 376 g/mol. The number of thiophene rings is 1. The van der Waals surface area contributed by atoms with Crippen LogP contribution in [-0.2, 0) is 4.79 Å². The van der Waals surface area contributed by atoms with Crippen molar-refractivity contribution in [3.8, 4) is 10.7 Å². The molecule has 4 rings (SSSR count). The van der Waals surface area contributed by atoms with Gasteiger partial charge in [0.2, 0.25) is 5.91 Å². The van der Waals surface area contributed by atoms with Gasteiger partial charge in [-0.1, -0.05) is 35.5 Å². The van der Waals surface area contributed by atoms with Crippen LogP contribution in [0.3, 0.4) is 0 Å². The summed E-state index contributed by atoms with van der Waals surface area (Å²) in [6.45, 7) is 5.98. The number of carbonyl (C=O) groups excluding carboxylic acids is 1. The van der Waals surface area contributed by atoms with E-state index in [1.54, 1.807) is 11.3 Å². The summed E-state index contributed by atoms with van der Waals surface area (Å²) in [5.41, 5.74) is 3.12. The van der Waals surface area contributed by atoms with Gasteiger partial charge in [0.05, 0.1) is 10.1 Å². The second-order valence-electron chi connectivity index (χ2n) is 6.95. The first-order valence-corrected chi connectivity index (χ1v) is 10.8. The van der Waals surface area contributed by atoms with Crippen LogP contribution in [0.2, 0.25) is 0 Å². The van der Waals surface area contributed by atoms with Gasteiger partial charge in [0.1, 0.15) is 0 Å². The van der Waals surface area contributed by atoms with Crippen LogP contribution in [0, 0.1) is 13.8 Å². The van der Waals surface area contributed by atoms with Gasteiger partial charge >= 0.3 is 0 Å². The van der Waals surface area contributed by atoms with Crippen LogP contribution in [0.4, 0.5) is 5.69 Å². The lowest BCUT2D eigenvalue weighted by Crippen LogP contribution is -2.23. The number of aryl methyl sites for hydroxylation is 2. The normalized spacial score (nSPS) is 14.9. The number of carbonyl (C=O) groups is 1. The van der Waals surface area contributed by atoms with Gasteiger partial charge in [-0.3, -0.25) is 9.36 Å². The number of anilines is 1. The minimum absolute atomic E-state index is 0.0185. The van der Waals surface area contributed by atoms with E-state index in [9.17, 15) is 4.79 Å². The topological polar surface area (TPSA) is 59.8 Å². The minimum atomic E-state index is -0.261. The van der Waals surface area contributed by atoms with Gasteiger partial charge < -0.3 is 5.32 Å². The molecule has 140 valence electrons. The first kappa shape index (κ1) is 18.3. The maximum absolute atomic E-state index is 12.7. The highest BCUT2D eigenvalue weighted by Gasteiger charge is 2.31. The van der Waals surface area contributed by atoms with Crippen LogP contribution in [0.1, 0.15) is 36.9 Å². The van der Waals surface area contributed by atoms with Gasteiger partial charge in [-0.2, -0.15) is 0 Å². The molecule has 1 aliphatic rings. The summed E-state index contributed by atoms with van der Waals surface area (Å²) in [4.78, 5) is 13.8. The van der Waals surface area contributed by atoms with Crippen molar-refractivity contribution in [1.29, 1.82) is 0 Å². The van der Waals surface area contributed by atoms with Crippen molar-refractivity contribution in [2.45, 2.75) is 50.1 Å². The third-order valence-corrected chi connectivity index (χ3v) is 6.53. The molecule has 1 N–H and O–H groups in total. The SMILES string of the molecule is Cc1ccc(NC(=O)[C@H](C)Sc2nnc(-c3cccs3)n2C2CC2)c(C)c1. The molecule has 5 nitrogen and oxygen atoms in total. The Labute approximate surface area is 167 Å². The Morgan fingerprint density at radius 2 is 2.11 bits per heavy atom. The zero-order valence-electron chi connectivity index (χ0n) is 15.6. The van der Waals surface area contributed by atoms with Gasteiger partial charge in [-0.25, -0.2) is 0 Å². The molecule has 1 fully saturated rings. The first-order chi connectivity index (χ1) is 13.0. The fourth-order valence-electron chi connectivity index (χ4n) is 2.99. The predicted molar refractivity (Wildman–Crippen MR) is 111 cm³/mol. The van der Waals surface area contributed by atoms with Crippen LogP contribution in [0.5, 0.6) is 0 Å². The van der Waals surface area contributed by atoms with E-state index in [1.165, 1.54) is 17.3 Å². The van der Waals surface area contributed by atoms with E-state index >= 15 is 0 Å². The lowest BCUT2D eigenvalue weighted by molar-refractivity contribution is -0.115. The number of hydrogen-bond acceptors (Lipinski definition) is 5. The Balaban J connectivity index is 1.51. The highest BCUT2D eigenvalue weighted by Crippen LogP contribution is 2.42. The second-order valence-corrected chi connectivity index (χ2v) is 9.21. The highest BCUT2D eigenvalue weighted by molar-refractivity contribution is 8.00. The Bertz CT molecular complexity index is 961. The molecule has 27 heavy (non-hydrogen) atoms. The zero-order valence-corrected chi connectivity index (χ0v) is 17.2. The van der Waals surface area contributed by atoms with Crippen LogP contribution < -0.4 is 5.32 Å². The van der Waals surface area contributed by atoms with Gasteiger partial charge in [-0.15, -0.1) is 21.5 Å². The lowest BCUT2D eigenvalue weighted by Gasteiger charge is -2.14. The van der Waals surface area contributed by atoms with Gasteiger partial charge in [0.15, 0.2) is 11.0 Å². The van der Waals surface area contributed by atoms with E-state index in [4.69, 9.17) is 0 Å². The standard InChI is InChI=1S/C20H22N4OS2/c1-12-6-9-16(13(2)11-12)21-19(25)14(3)27-20-23-22-18(17-5-4-10-26-17)24(20)15-7-8-15/h4-6,9-11,14-15H,7-8H2,1-3H3,(H,21,25)/t14-/m0/s1. The summed E-state index contributed by atoms with van der Waals surface area (Å²) in [6, 6.07) is 10.6. The van der Waals surface area contributed by atoms with Crippen molar-refractivity contribution in [1.82, 2.24) is 14.8 Å². The molecule has 0 spiro atoms. The average molecular weight is 399 g/mol. The number of nitrogens with zero attached hydrogens (tertiary/aromatic N) is 3. The van der Waals surface area contributed by atoms with Crippen molar-refractivity contribution < 1.29 is 4.79 Å². The van der Waals surface area contributed by atoms with E-state index in [0.717, 1.165) is 40.0 Å². The van der Waals surface area contributed by atoms with Crippen LogP contribution in [-0.4, -0.2) is 25.9 Å². The Morgan fingerprint density at radius 1 is 1.30 bits per heavy atom. The van der Waals surface area contributed by atoms with Crippen molar-refractivity contribution >= 4 is 34.7 Å². The minimum Gasteiger partial charge on any atom is -0.325 e. The quantitative estimate of drug-likeness (QED) is 0.589. The average Bonchev–Trinajstić information content (AvgIpc) is 3.16. The number of benzene rings is 1. The maximum atomic E-state index is 12.7. The van der Waals surface area contributed by atoms with Gasteiger partial charge in [-0.05, 0) is 56.7 Å². The summed E-state index contributed by atoms with van der Waals surface area (Å²) in [6.07, 6.45) is 2.29. The third-order valence-electron chi connectivity index (χ3n) is 4.61.